The molecule has 0 aliphatic rings. The fraction of sp³-hybridized carbons (Fsp3) is 1.00. The Labute approximate surface area is 118 Å². The van der Waals surface area contributed by atoms with E-state index in [1.165, 1.54) is 36.3 Å². The first-order valence-corrected chi connectivity index (χ1v) is 13.3. The average molecular weight is 314 g/mol. The lowest BCUT2D eigenvalue weighted by Crippen LogP contribution is -2.04. The van der Waals surface area contributed by atoms with Crippen LogP contribution in [0.2, 0.25) is 36.3 Å². The van der Waals surface area contributed by atoms with Gasteiger partial charge in [-0.25, -0.2) is 0 Å². The zero-order valence-electron chi connectivity index (χ0n) is 13.1. The molecule has 0 saturated heterocycles. The third-order valence-corrected chi connectivity index (χ3v) is 10.4. The van der Waals surface area contributed by atoms with Gasteiger partial charge in [-0.05, 0) is 0 Å². The van der Waals surface area contributed by atoms with E-state index in [0.29, 0.717) is 0 Å². The molecule has 0 fully saturated rings. The van der Waals surface area contributed by atoms with Gasteiger partial charge in [-0.15, -0.1) is 9.79 Å². The molecule has 0 aromatic carbocycles. The maximum Gasteiger partial charge on any atom is 0.692 e. The van der Waals surface area contributed by atoms with Gasteiger partial charge in [0.25, 0.3) is 0 Å². The average Bonchev–Trinajstić information content (AvgIpc) is 2.34. The Hall–Kier alpha value is 0.454. The third kappa shape index (κ3) is 25.3. The van der Waals surface area contributed by atoms with Crippen LogP contribution in [0.3, 0.4) is 0 Å². The summed E-state index contributed by atoms with van der Waals surface area (Å²) in [5, 5.41) is 0. The Bertz CT molecular complexity index is 136. The Morgan fingerprint density at radius 3 is 0.778 bits per heavy atom. The molecule has 0 aromatic rings. The maximum atomic E-state index is 8.70. The zero-order chi connectivity index (χ0) is 15.0. The van der Waals surface area contributed by atoms with Crippen LogP contribution in [0.1, 0.15) is 41.5 Å². The molecule has 0 aliphatic carbocycles. The normalized spacial score (nSPS) is 9.44. The van der Waals surface area contributed by atoms with Gasteiger partial charge in [0.05, 0.1) is 0 Å². The van der Waals surface area contributed by atoms with Crippen molar-refractivity contribution in [3.8, 4) is 0 Å². The lowest BCUT2D eigenvalue weighted by molar-refractivity contribution is 0.405. The molecule has 2 N–H and O–H groups in total. The van der Waals surface area contributed by atoms with Crippen LogP contribution in [-0.2, 0) is 4.57 Å². The van der Waals surface area contributed by atoms with Gasteiger partial charge < -0.3 is 0 Å². The highest BCUT2D eigenvalue weighted by Crippen LogP contribution is 2.02. The lowest BCUT2D eigenvalue weighted by Gasteiger charge is -2.03. The van der Waals surface area contributed by atoms with Gasteiger partial charge >= 0.3 is 8.25 Å². The summed E-state index contributed by atoms with van der Waals surface area (Å²) in [5.41, 5.74) is 0. The van der Waals surface area contributed by atoms with Crippen LogP contribution < -0.4 is 0 Å². The van der Waals surface area contributed by atoms with Crippen molar-refractivity contribution < 1.29 is 14.4 Å². The van der Waals surface area contributed by atoms with Gasteiger partial charge in [0.1, 0.15) is 0 Å². The van der Waals surface area contributed by atoms with Gasteiger partial charge in [-0.1, -0.05) is 77.8 Å². The van der Waals surface area contributed by atoms with Crippen LogP contribution in [0.15, 0.2) is 0 Å². The molecule has 3 nitrogen and oxygen atoms in total. The molecule has 0 unspecified atom stereocenters. The molecule has 0 heterocycles. The molecule has 0 spiro atoms. The largest absolute Gasteiger partial charge is 0.692 e. The molecule has 0 saturated carbocycles. The first-order chi connectivity index (χ1) is 8.42. The fourth-order valence-electron chi connectivity index (χ4n) is 1.73. The second-order valence-corrected chi connectivity index (χ2v) is 13.3. The smallest absolute Gasteiger partial charge is 0.134 e. The second-order valence-electron chi connectivity index (χ2n) is 4.43. The van der Waals surface area contributed by atoms with E-state index in [9.17, 15) is 0 Å². The van der Waals surface area contributed by atoms with Gasteiger partial charge in [-0.3, -0.25) is 0 Å². The molecule has 0 atom stereocenters. The fourth-order valence-corrected chi connectivity index (χ4v) is 5.20. The summed E-state index contributed by atoms with van der Waals surface area (Å²) in [4.78, 5) is 14.2. The van der Waals surface area contributed by atoms with Crippen molar-refractivity contribution in [1.82, 2.24) is 0 Å². The summed E-state index contributed by atoms with van der Waals surface area (Å²) in [6.07, 6.45) is 0. The highest BCUT2D eigenvalue weighted by Gasteiger charge is 1.98. The molecule has 0 aromatic heterocycles. The van der Waals surface area contributed by atoms with E-state index in [0.717, 1.165) is 0 Å². The summed E-state index contributed by atoms with van der Waals surface area (Å²) >= 11 is 0. The summed E-state index contributed by atoms with van der Waals surface area (Å²) in [6, 6.07) is 8.96. The van der Waals surface area contributed by atoms with Crippen molar-refractivity contribution in [2.75, 3.05) is 0 Å². The van der Waals surface area contributed by atoms with E-state index in [4.69, 9.17) is 14.4 Å². The molecular weight excluding hydrogens is 279 g/mol. The highest BCUT2D eigenvalue weighted by atomic mass is 31.1. The van der Waals surface area contributed by atoms with Gasteiger partial charge in [0, 0.05) is 22.2 Å². The van der Waals surface area contributed by atoms with Crippen LogP contribution in [-0.4, -0.2) is 27.4 Å². The first kappa shape index (κ1) is 23.5. The molecule has 6 heteroatoms. The standard InChI is InChI=1S/2C6H16Si.HO3P/c2*1-4-7(5-2)6-3;1-4(2)3/h2*7H,4-6H2,1-3H3;(H-,1,2,3)/p+1. The highest BCUT2D eigenvalue weighted by molar-refractivity contribution is 7.30. The Kier molecular flexibility index (Phi) is 25.9. The summed E-state index contributed by atoms with van der Waals surface area (Å²) < 4.78 is 8.70. The predicted molar refractivity (Wildman–Crippen MR) is 89.2 cm³/mol. The van der Waals surface area contributed by atoms with E-state index >= 15 is 0 Å². The lowest BCUT2D eigenvalue weighted by atomic mass is 10.9. The summed E-state index contributed by atoms with van der Waals surface area (Å²) in [6.45, 7) is 13.9. The predicted octanol–water partition coefficient (Wildman–Crippen LogP) is 4.17. The zero-order valence-corrected chi connectivity index (χ0v) is 16.4. The second kappa shape index (κ2) is 19.8. The summed E-state index contributed by atoms with van der Waals surface area (Å²) in [7, 11) is -3.21. The molecule has 0 rings (SSSR count). The molecule has 112 valence electrons. The van der Waals surface area contributed by atoms with Crippen molar-refractivity contribution in [3.63, 3.8) is 0 Å². The minimum atomic E-state index is -2.87. The van der Waals surface area contributed by atoms with Crippen LogP contribution >= 0.6 is 8.25 Å². The molecule has 0 radical (unpaired) electrons. The Balaban J connectivity index is -0.000000196. The molecule has 0 bridgehead atoms. The van der Waals surface area contributed by atoms with E-state index in [-0.39, 0.29) is 17.6 Å². The quantitative estimate of drug-likeness (QED) is 0.571. The van der Waals surface area contributed by atoms with E-state index < -0.39 is 8.25 Å². The van der Waals surface area contributed by atoms with Crippen LogP contribution in [0.25, 0.3) is 0 Å². The SMILES string of the molecule is CC[SiH](CC)CC.CC[SiH](CC)CC.O=[P+](O)O. The number of hydrogen-bond acceptors (Lipinski definition) is 1. The van der Waals surface area contributed by atoms with Crippen LogP contribution in [0, 0.1) is 0 Å². The van der Waals surface area contributed by atoms with Gasteiger partial charge in [-0.2, -0.15) is 0 Å². The minimum Gasteiger partial charge on any atom is -0.134 e. The van der Waals surface area contributed by atoms with Gasteiger partial charge in [0.15, 0.2) is 0 Å². The number of rotatable bonds is 6. The topological polar surface area (TPSA) is 57.5 Å². The van der Waals surface area contributed by atoms with Crippen LogP contribution in [0.4, 0.5) is 0 Å². The number of hydrogen-bond donors (Lipinski definition) is 2. The molecular formula is C12H34O3PSi2+. The van der Waals surface area contributed by atoms with Crippen molar-refractivity contribution >= 4 is 25.8 Å². The van der Waals surface area contributed by atoms with Gasteiger partial charge in [0.2, 0.25) is 0 Å². The molecule has 0 aliphatic heterocycles. The first-order valence-electron chi connectivity index (χ1n) is 7.27. The Morgan fingerprint density at radius 1 is 0.667 bits per heavy atom. The van der Waals surface area contributed by atoms with Crippen molar-refractivity contribution in [2.24, 2.45) is 0 Å². The van der Waals surface area contributed by atoms with Crippen LogP contribution in [0.5, 0.6) is 0 Å². The van der Waals surface area contributed by atoms with E-state index in [1.807, 2.05) is 0 Å². The molecule has 0 amide bonds. The van der Waals surface area contributed by atoms with Crippen molar-refractivity contribution in [2.45, 2.75) is 77.8 Å². The molecule has 18 heavy (non-hydrogen) atoms. The third-order valence-electron chi connectivity index (χ3n) is 3.46. The van der Waals surface area contributed by atoms with Crippen molar-refractivity contribution in [3.05, 3.63) is 0 Å². The van der Waals surface area contributed by atoms with E-state index in [1.54, 1.807) is 0 Å². The Morgan fingerprint density at radius 2 is 0.778 bits per heavy atom. The van der Waals surface area contributed by atoms with Crippen molar-refractivity contribution in [1.29, 1.82) is 0 Å². The minimum absolute atomic E-state index is 0.171. The van der Waals surface area contributed by atoms with E-state index in [2.05, 4.69) is 41.5 Å². The summed E-state index contributed by atoms with van der Waals surface area (Å²) in [5.74, 6) is 0. The maximum absolute atomic E-state index is 8.70. The monoisotopic (exact) mass is 313 g/mol.